The Balaban J connectivity index is 1.24. The number of likely N-dealkylation sites (tertiary alicyclic amines) is 2. The summed E-state index contributed by atoms with van der Waals surface area (Å²) in [7, 11) is -5.80. The third-order valence-corrected chi connectivity index (χ3v) is 10.8. The Morgan fingerprint density at radius 3 is 2.35 bits per heavy atom. The van der Waals surface area contributed by atoms with Gasteiger partial charge in [-0.05, 0) is 67.3 Å². The van der Waals surface area contributed by atoms with E-state index in [1.54, 1.807) is 14.7 Å². The van der Waals surface area contributed by atoms with Gasteiger partial charge in [-0.2, -0.15) is 8.78 Å². The first-order chi connectivity index (χ1) is 22.7. The van der Waals surface area contributed by atoms with Gasteiger partial charge in [0.2, 0.25) is 17.7 Å². The maximum Gasteiger partial charge on any atom is 0.399 e. The number of nitrogens with one attached hydrogen (secondary N) is 2. The van der Waals surface area contributed by atoms with Crippen LogP contribution in [0.3, 0.4) is 0 Å². The Labute approximate surface area is 275 Å². The average Bonchev–Trinajstić information content (AvgIpc) is 3.73. The maximum atomic E-state index is 14.4. The number of benzene rings is 2. The third kappa shape index (κ3) is 6.48. The van der Waals surface area contributed by atoms with Crippen LogP contribution < -0.4 is 5.32 Å². The smallest absolute Gasteiger partial charge is 0.351 e. The zero-order valence-electron chi connectivity index (χ0n) is 26.4. The molecule has 3 aromatic rings. The molecule has 2 atom stereocenters. The minimum Gasteiger partial charge on any atom is -0.351 e. The quantitative estimate of drug-likeness (QED) is 0.277. The summed E-state index contributed by atoms with van der Waals surface area (Å²) in [5.74, 6) is -1.64. The summed E-state index contributed by atoms with van der Waals surface area (Å²) in [6.07, 6.45) is 2.73. The monoisotopic (exact) mass is 685 g/mol. The molecule has 2 unspecified atom stereocenters. The number of hydrogen-bond acceptors (Lipinski definition) is 5. The van der Waals surface area contributed by atoms with E-state index in [2.05, 4.69) is 16.4 Å². The molecule has 0 radical (unpaired) electrons. The van der Waals surface area contributed by atoms with Crippen LogP contribution in [0.2, 0.25) is 0 Å². The SMILES string of the molecule is CC(=O)N1CCC(C(NC(=O)c2cc3cc(C(F)(F)P(=O)(O)O)ccc3[nH]2)C(=O)N2CCCC2C(=O)N2CCc3ccccc3C2)CC1. The van der Waals surface area contributed by atoms with Crippen LogP contribution in [0.5, 0.6) is 0 Å². The van der Waals surface area contributed by atoms with Crippen molar-refractivity contribution in [3.63, 3.8) is 0 Å². The lowest BCUT2D eigenvalue weighted by Gasteiger charge is -2.38. The van der Waals surface area contributed by atoms with E-state index in [1.165, 1.54) is 24.6 Å². The number of amides is 4. The predicted octanol–water partition coefficient (Wildman–Crippen LogP) is 3.33. The van der Waals surface area contributed by atoms with Crippen molar-refractivity contribution >= 4 is 42.1 Å². The molecule has 0 spiro atoms. The van der Waals surface area contributed by atoms with Gasteiger partial charge in [0.15, 0.2) is 0 Å². The van der Waals surface area contributed by atoms with Gasteiger partial charge in [-0.3, -0.25) is 23.7 Å². The van der Waals surface area contributed by atoms with Crippen molar-refractivity contribution in [2.24, 2.45) is 5.92 Å². The number of fused-ring (bicyclic) bond motifs is 2. The van der Waals surface area contributed by atoms with E-state index in [9.17, 15) is 32.5 Å². The average molecular weight is 686 g/mol. The van der Waals surface area contributed by atoms with Gasteiger partial charge in [0, 0.05) is 56.1 Å². The zero-order valence-corrected chi connectivity index (χ0v) is 27.3. The van der Waals surface area contributed by atoms with E-state index in [0.29, 0.717) is 58.4 Å². The molecule has 2 fully saturated rings. The molecule has 4 N–H and O–H groups in total. The number of alkyl halides is 2. The van der Waals surface area contributed by atoms with Gasteiger partial charge in [0.1, 0.15) is 17.8 Å². The highest BCUT2D eigenvalue weighted by atomic mass is 31.2. The number of hydrogen-bond donors (Lipinski definition) is 4. The van der Waals surface area contributed by atoms with Crippen LogP contribution in [-0.4, -0.2) is 91.4 Å². The van der Waals surface area contributed by atoms with Crippen LogP contribution in [0.4, 0.5) is 8.78 Å². The number of nitrogens with zero attached hydrogens (tertiary/aromatic N) is 3. The van der Waals surface area contributed by atoms with E-state index in [4.69, 9.17) is 9.79 Å². The van der Waals surface area contributed by atoms with Crippen LogP contribution in [-0.2, 0) is 37.6 Å². The fourth-order valence-corrected chi connectivity index (χ4v) is 7.59. The first kappa shape index (κ1) is 33.8. The molecular weight excluding hydrogens is 647 g/mol. The predicted molar refractivity (Wildman–Crippen MR) is 171 cm³/mol. The van der Waals surface area contributed by atoms with E-state index in [1.807, 2.05) is 18.2 Å². The lowest BCUT2D eigenvalue weighted by atomic mass is 9.88. The molecule has 3 aliphatic heterocycles. The summed E-state index contributed by atoms with van der Waals surface area (Å²) in [4.78, 5) is 80.0. The van der Waals surface area contributed by atoms with Gasteiger partial charge in [0.05, 0.1) is 0 Å². The van der Waals surface area contributed by atoms with Crippen molar-refractivity contribution in [2.75, 3.05) is 26.2 Å². The van der Waals surface area contributed by atoms with Gasteiger partial charge in [0.25, 0.3) is 5.91 Å². The van der Waals surface area contributed by atoms with Crippen LogP contribution in [0.25, 0.3) is 10.9 Å². The molecule has 2 saturated heterocycles. The summed E-state index contributed by atoms with van der Waals surface area (Å²) in [6, 6.07) is 10.5. The largest absolute Gasteiger partial charge is 0.399 e. The number of rotatable bonds is 7. The summed E-state index contributed by atoms with van der Waals surface area (Å²) in [6.45, 7) is 3.62. The Morgan fingerprint density at radius 2 is 1.67 bits per heavy atom. The van der Waals surface area contributed by atoms with Crippen LogP contribution in [0.15, 0.2) is 48.5 Å². The molecule has 1 aromatic heterocycles. The van der Waals surface area contributed by atoms with Crippen molar-refractivity contribution in [1.29, 1.82) is 0 Å². The number of aromatic nitrogens is 1. The minimum atomic E-state index is -5.80. The molecule has 4 amide bonds. The second kappa shape index (κ2) is 13.1. The molecule has 256 valence electrons. The molecule has 0 aliphatic carbocycles. The summed E-state index contributed by atoms with van der Waals surface area (Å²) in [5, 5.41) is 2.97. The Morgan fingerprint density at radius 1 is 0.958 bits per heavy atom. The first-order valence-corrected chi connectivity index (χ1v) is 17.6. The fraction of sp³-hybridized carbons (Fsp3) is 0.455. The third-order valence-electron chi connectivity index (χ3n) is 9.85. The highest BCUT2D eigenvalue weighted by Gasteiger charge is 2.50. The second-order valence-corrected chi connectivity index (χ2v) is 14.5. The number of carbonyl (C=O) groups excluding carboxylic acids is 4. The van der Waals surface area contributed by atoms with E-state index in [-0.39, 0.29) is 34.3 Å². The van der Waals surface area contributed by atoms with E-state index < -0.39 is 42.7 Å². The molecule has 4 heterocycles. The van der Waals surface area contributed by atoms with Crippen molar-refractivity contribution in [3.8, 4) is 0 Å². The molecule has 2 aromatic carbocycles. The zero-order chi connectivity index (χ0) is 34.4. The second-order valence-electron chi connectivity index (χ2n) is 12.8. The Bertz CT molecular complexity index is 1800. The minimum absolute atomic E-state index is 0.0401. The molecule has 0 bridgehead atoms. The molecule has 0 saturated carbocycles. The Hall–Kier alpha value is -4.13. The number of carbonyl (C=O) groups is 4. The van der Waals surface area contributed by atoms with Gasteiger partial charge in [-0.25, -0.2) is 0 Å². The highest BCUT2D eigenvalue weighted by Crippen LogP contribution is 2.59. The molecule has 6 rings (SSSR count). The van der Waals surface area contributed by atoms with Crippen molar-refractivity contribution < 1.29 is 42.3 Å². The molecule has 12 nitrogen and oxygen atoms in total. The normalized spacial score (nSPS) is 19.7. The van der Waals surface area contributed by atoms with Gasteiger partial charge in [-0.15, -0.1) is 0 Å². The fourth-order valence-electron chi connectivity index (χ4n) is 7.12. The molecule has 48 heavy (non-hydrogen) atoms. The summed E-state index contributed by atoms with van der Waals surface area (Å²) >= 11 is 0. The van der Waals surface area contributed by atoms with Gasteiger partial charge >= 0.3 is 13.3 Å². The van der Waals surface area contributed by atoms with Crippen LogP contribution in [0.1, 0.15) is 59.8 Å². The lowest BCUT2D eigenvalue weighted by Crippen LogP contribution is -2.58. The summed E-state index contributed by atoms with van der Waals surface area (Å²) in [5.41, 5.74) is -2.82. The highest BCUT2D eigenvalue weighted by molar-refractivity contribution is 7.52. The van der Waals surface area contributed by atoms with E-state index in [0.717, 1.165) is 24.1 Å². The van der Waals surface area contributed by atoms with Gasteiger partial charge < -0.3 is 34.8 Å². The molecule has 3 aliphatic rings. The number of halogens is 2. The van der Waals surface area contributed by atoms with Crippen molar-refractivity contribution in [1.82, 2.24) is 25.0 Å². The topological polar surface area (TPSA) is 163 Å². The summed E-state index contributed by atoms with van der Waals surface area (Å²) < 4.78 is 40.2. The van der Waals surface area contributed by atoms with Crippen LogP contribution >= 0.6 is 7.60 Å². The molecule has 15 heteroatoms. The number of H-pyrrole nitrogens is 1. The Kier molecular flexibility index (Phi) is 9.18. The lowest BCUT2D eigenvalue weighted by molar-refractivity contribution is -0.146. The van der Waals surface area contributed by atoms with Crippen LogP contribution in [0, 0.1) is 5.92 Å². The molecular formula is C33H38F2N5O7P. The maximum absolute atomic E-state index is 14.4. The first-order valence-electron chi connectivity index (χ1n) is 16.0. The number of piperidine rings is 1. The van der Waals surface area contributed by atoms with E-state index >= 15 is 0 Å². The number of aromatic amines is 1. The van der Waals surface area contributed by atoms with Crippen molar-refractivity contribution in [3.05, 3.63) is 70.9 Å². The van der Waals surface area contributed by atoms with Crippen molar-refractivity contribution in [2.45, 2.75) is 63.3 Å². The standard InChI is InChI=1S/C33H38F2N5O7P/c1-20(41)38-14-11-22(12-15-38)29(37-30(42)27-18-24-17-25(8-9-26(24)36-27)33(34,35)48(45,46)47)32(44)40-13-4-7-28(40)31(43)39-16-10-21-5-2-3-6-23(21)19-39/h2-3,5-6,8-9,17-18,22,28-29,36H,4,7,10-16,19H2,1H3,(H,37,42)(H2,45,46,47). The van der Waals surface area contributed by atoms with Gasteiger partial charge in [-0.1, -0.05) is 30.3 Å².